The smallest absolute Gasteiger partial charge is 0.217 e. The molecule has 280 valence electrons. The Morgan fingerprint density at radius 3 is 1.38 bits per heavy atom. The zero-order valence-corrected chi connectivity index (χ0v) is 25.5. The van der Waals surface area contributed by atoms with Gasteiger partial charge in [0, 0.05) is 6.92 Å². The number of hydrogen-bond donors (Lipinski definition) is 14. The van der Waals surface area contributed by atoms with Crippen molar-refractivity contribution in [1.29, 1.82) is 0 Å². The highest BCUT2D eigenvalue weighted by molar-refractivity contribution is 5.73. The Labute approximate surface area is 272 Å². The number of carbonyl (C=O) groups is 1. The minimum Gasteiger partial charge on any atom is -0.394 e. The van der Waals surface area contributed by atoms with Gasteiger partial charge in [0.05, 0.1) is 26.4 Å². The van der Waals surface area contributed by atoms with Crippen LogP contribution in [0.2, 0.25) is 0 Å². The van der Waals surface area contributed by atoms with Crippen LogP contribution in [0.25, 0.3) is 0 Å². The summed E-state index contributed by atoms with van der Waals surface area (Å²) >= 11 is 0. The Morgan fingerprint density at radius 2 is 0.917 bits per heavy atom. The molecule has 4 fully saturated rings. The Kier molecular flexibility index (Phi) is 13.8. The van der Waals surface area contributed by atoms with Gasteiger partial charge in [0.2, 0.25) is 5.91 Å². The molecular formula is C26H45NO21. The Hall–Kier alpha value is -1.33. The van der Waals surface area contributed by atoms with Crippen molar-refractivity contribution in [1.82, 2.24) is 5.32 Å². The van der Waals surface area contributed by atoms with Crippen LogP contribution in [-0.4, -0.2) is 221 Å². The molecule has 20 atom stereocenters. The molecule has 0 unspecified atom stereocenters. The first-order valence-electron chi connectivity index (χ1n) is 15.1. The molecule has 4 saturated heterocycles. The molecule has 22 nitrogen and oxygen atoms in total. The average molecular weight is 708 g/mol. The highest BCUT2D eigenvalue weighted by atomic mass is 16.8. The van der Waals surface area contributed by atoms with Crippen molar-refractivity contribution in [3.8, 4) is 0 Å². The monoisotopic (exact) mass is 707 g/mol. The van der Waals surface area contributed by atoms with Crippen molar-refractivity contribution >= 4 is 5.91 Å². The molecule has 0 bridgehead atoms. The maximum Gasteiger partial charge on any atom is 0.217 e. The summed E-state index contributed by atoms with van der Waals surface area (Å²) in [6.45, 7) is -2.38. The quantitative estimate of drug-likeness (QED) is 0.0947. The lowest BCUT2D eigenvalue weighted by molar-refractivity contribution is -0.386. The van der Waals surface area contributed by atoms with Gasteiger partial charge in [-0.3, -0.25) is 4.79 Å². The van der Waals surface area contributed by atoms with Crippen molar-refractivity contribution in [3.63, 3.8) is 0 Å². The maximum atomic E-state index is 11.8. The Bertz CT molecular complexity index is 1030. The molecule has 0 aromatic heterocycles. The molecule has 0 aromatic carbocycles. The molecule has 4 heterocycles. The number of carbonyl (C=O) groups excluding carboxylic acids is 1. The molecule has 0 saturated carbocycles. The van der Waals surface area contributed by atoms with E-state index in [9.17, 15) is 71.2 Å². The second-order valence-electron chi connectivity index (χ2n) is 11.9. The van der Waals surface area contributed by atoms with Crippen LogP contribution in [0.15, 0.2) is 0 Å². The predicted molar refractivity (Wildman–Crippen MR) is 145 cm³/mol. The topological polar surface area (TPSA) is 357 Å². The lowest BCUT2D eigenvalue weighted by Crippen LogP contribution is -2.69. The summed E-state index contributed by atoms with van der Waals surface area (Å²) in [5, 5.41) is 137. The van der Waals surface area contributed by atoms with E-state index in [1.807, 2.05) is 0 Å². The average Bonchev–Trinajstić information content (AvgIpc) is 3.06. The number of aliphatic hydroxyl groups is 13. The highest BCUT2D eigenvalue weighted by Crippen LogP contribution is 2.34. The lowest BCUT2D eigenvalue weighted by Gasteiger charge is -2.49. The van der Waals surface area contributed by atoms with E-state index in [4.69, 9.17) is 33.2 Å². The standard InChI is InChI=1S/C26H45NO21/c1-6(32)27-11-15(36)12(33)7(2-28)43-24(11)47-21-13(34)8(3-29)45-26(18(21)39)48-22-14(35)9(4-30)44-25(19(22)40)46-20-10(5-31)42-23(41)17(38)16(20)37/h7-26,28-31,33-41H,2-5H2,1H3,(H,27,32)/t7-,8-,9-,10-,11-,12-,13+,14+,15-,16-,17-,18-,19-,20-,21+,22+,23+,24+,25+,26-/m1/s1. The molecule has 0 spiro atoms. The first-order valence-corrected chi connectivity index (χ1v) is 15.1. The number of hydrogen-bond acceptors (Lipinski definition) is 21. The van der Waals surface area contributed by atoms with Gasteiger partial charge in [-0.2, -0.15) is 0 Å². The fourth-order valence-corrected chi connectivity index (χ4v) is 5.94. The summed E-state index contributed by atoms with van der Waals surface area (Å²) in [5.41, 5.74) is 0. The summed E-state index contributed by atoms with van der Waals surface area (Å²) in [7, 11) is 0. The maximum absolute atomic E-state index is 11.8. The van der Waals surface area contributed by atoms with E-state index < -0.39 is 155 Å². The molecule has 0 aliphatic carbocycles. The third kappa shape index (κ3) is 8.08. The van der Waals surface area contributed by atoms with Crippen LogP contribution in [-0.2, 0) is 38.0 Å². The zero-order valence-electron chi connectivity index (χ0n) is 25.5. The van der Waals surface area contributed by atoms with Crippen LogP contribution in [0.3, 0.4) is 0 Å². The van der Waals surface area contributed by atoms with Crippen molar-refractivity contribution in [2.24, 2.45) is 0 Å². The predicted octanol–water partition coefficient (Wildman–Crippen LogP) is -9.61. The third-order valence-corrected chi connectivity index (χ3v) is 8.61. The van der Waals surface area contributed by atoms with Gasteiger partial charge in [-0.05, 0) is 0 Å². The van der Waals surface area contributed by atoms with E-state index in [1.165, 1.54) is 0 Å². The molecule has 48 heavy (non-hydrogen) atoms. The highest BCUT2D eigenvalue weighted by Gasteiger charge is 2.55. The van der Waals surface area contributed by atoms with Crippen LogP contribution < -0.4 is 5.32 Å². The second-order valence-corrected chi connectivity index (χ2v) is 11.9. The summed E-state index contributed by atoms with van der Waals surface area (Å²) in [5.74, 6) is -0.700. The number of rotatable bonds is 11. The summed E-state index contributed by atoms with van der Waals surface area (Å²) in [6.07, 6.45) is -33.9. The molecule has 0 radical (unpaired) electrons. The zero-order chi connectivity index (χ0) is 35.6. The van der Waals surface area contributed by atoms with E-state index >= 15 is 0 Å². The van der Waals surface area contributed by atoms with Crippen LogP contribution in [0.1, 0.15) is 6.92 Å². The van der Waals surface area contributed by atoms with E-state index in [-0.39, 0.29) is 0 Å². The van der Waals surface area contributed by atoms with Gasteiger partial charge >= 0.3 is 0 Å². The van der Waals surface area contributed by atoms with Crippen LogP contribution in [0.4, 0.5) is 0 Å². The SMILES string of the molecule is CC(=O)N[C@H]1[C@H](O[C@H]2[C@@H](O)[C@@H](CO)O[C@H](O[C@H]3[C@@H](O)[C@@H](CO)O[C@@H](O[C@H]4[C@H](O)[C@@H](O)[C@@H](O)O[C@@H]4CO)[C@@H]3O)[C@@H]2O)O[C@H](CO)[C@@H](O)[C@@H]1O. The Balaban J connectivity index is 1.56. The number of amides is 1. The molecule has 4 aliphatic heterocycles. The fraction of sp³-hybridized carbons (Fsp3) is 0.962. The van der Waals surface area contributed by atoms with Crippen molar-refractivity contribution < 1.29 is 104 Å². The largest absolute Gasteiger partial charge is 0.394 e. The van der Waals surface area contributed by atoms with E-state index in [1.54, 1.807) is 0 Å². The molecule has 22 heteroatoms. The van der Waals surface area contributed by atoms with E-state index in [0.29, 0.717) is 0 Å². The van der Waals surface area contributed by atoms with Crippen LogP contribution in [0.5, 0.6) is 0 Å². The summed E-state index contributed by atoms with van der Waals surface area (Å²) in [6, 6.07) is -1.50. The molecule has 4 aliphatic rings. The molecule has 1 amide bonds. The summed E-state index contributed by atoms with van der Waals surface area (Å²) < 4.78 is 38.4. The first-order chi connectivity index (χ1) is 22.7. The molecule has 4 rings (SSSR count). The fourth-order valence-electron chi connectivity index (χ4n) is 5.94. The van der Waals surface area contributed by atoms with Gasteiger partial charge in [0.25, 0.3) is 0 Å². The first kappa shape index (κ1) is 39.5. The van der Waals surface area contributed by atoms with E-state index in [0.717, 1.165) is 6.92 Å². The second kappa shape index (κ2) is 16.8. The van der Waals surface area contributed by atoms with Gasteiger partial charge in [0.1, 0.15) is 97.6 Å². The van der Waals surface area contributed by atoms with Crippen LogP contribution in [0, 0.1) is 0 Å². The van der Waals surface area contributed by atoms with Crippen molar-refractivity contribution in [2.75, 3.05) is 26.4 Å². The Morgan fingerprint density at radius 1 is 0.500 bits per heavy atom. The minimum absolute atomic E-state index is 0.700. The third-order valence-electron chi connectivity index (χ3n) is 8.61. The van der Waals surface area contributed by atoms with E-state index in [2.05, 4.69) is 5.32 Å². The molecular weight excluding hydrogens is 662 g/mol. The number of ether oxygens (including phenoxy) is 7. The van der Waals surface area contributed by atoms with Gasteiger partial charge in [0.15, 0.2) is 25.2 Å². The van der Waals surface area contributed by atoms with Gasteiger partial charge in [-0.25, -0.2) is 0 Å². The molecule has 14 N–H and O–H groups in total. The van der Waals surface area contributed by atoms with Gasteiger partial charge in [-0.15, -0.1) is 0 Å². The van der Waals surface area contributed by atoms with Gasteiger partial charge < -0.3 is 105 Å². The molecule has 0 aromatic rings. The van der Waals surface area contributed by atoms with Gasteiger partial charge in [-0.1, -0.05) is 0 Å². The van der Waals surface area contributed by atoms with Crippen molar-refractivity contribution in [2.45, 2.75) is 130 Å². The van der Waals surface area contributed by atoms with Crippen LogP contribution >= 0.6 is 0 Å². The van der Waals surface area contributed by atoms with Crippen molar-refractivity contribution in [3.05, 3.63) is 0 Å². The minimum atomic E-state index is -2.06. The normalized spacial score (nSPS) is 50.2. The number of aliphatic hydroxyl groups excluding tert-OH is 13. The number of nitrogens with one attached hydrogen (secondary N) is 1. The summed E-state index contributed by atoms with van der Waals surface area (Å²) in [4.78, 5) is 11.8. The lowest BCUT2D eigenvalue weighted by atomic mass is 9.95.